The monoisotopic (exact) mass is 713 g/mol. The van der Waals surface area contributed by atoms with Gasteiger partial charge in [0.2, 0.25) is 30.1 Å². The number of phenols is 1. The topological polar surface area (TPSA) is 271 Å². The minimum Gasteiger partial charge on any atom is -0.507 e. The van der Waals surface area contributed by atoms with E-state index in [9.17, 15) is 44.7 Å². The second-order valence-corrected chi connectivity index (χ2v) is 15.7. The summed E-state index contributed by atoms with van der Waals surface area (Å²) in [5.74, 6) is -3.96. The fourth-order valence-corrected chi connectivity index (χ4v) is 9.09. The van der Waals surface area contributed by atoms with Gasteiger partial charge in [-0.2, -0.15) is 0 Å². The SMILES string of the molecule is O=C(O)CCCNS(=O)(=O)c1cc(O)c2ccc3c(S(=O)(=O)NCCCC(=O)O)cc(S(=O)(=O)NCCCC(=O)O)c4ccc1c2c34. The van der Waals surface area contributed by atoms with Crippen molar-refractivity contribution in [1.29, 1.82) is 0 Å². The molecule has 0 radical (unpaired) electrons. The number of carbonyl (C=O) groups is 3. The first kappa shape index (κ1) is 35.7. The van der Waals surface area contributed by atoms with Gasteiger partial charge in [-0.05, 0) is 31.4 Å². The third-order valence-corrected chi connectivity index (χ3v) is 11.7. The predicted molar refractivity (Wildman–Crippen MR) is 168 cm³/mol. The zero-order valence-electron chi connectivity index (χ0n) is 24.5. The molecule has 0 atom stereocenters. The van der Waals surface area contributed by atoms with Crippen molar-refractivity contribution in [3.05, 3.63) is 36.4 Å². The number of carboxylic acids is 3. The number of phenolic OH excluding ortho intramolecular Hbond substituents is 1. The van der Waals surface area contributed by atoms with Gasteiger partial charge in [-0.15, -0.1) is 0 Å². The van der Waals surface area contributed by atoms with E-state index >= 15 is 0 Å². The van der Waals surface area contributed by atoms with E-state index in [0.717, 1.165) is 12.1 Å². The van der Waals surface area contributed by atoms with Crippen molar-refractivity contribution in [2.45, 2.75) is 53.2 Å². The van der Waals surface area contributed by atoms with Crippen LogP contribution in [-0.4, -0.2) is 83.2 Å². The number of aliphatic carboxylic acids is 3. The van der Waals surface area contributed by atoms with Crippen LogP contribution < -0.4 is 14.2 Å². The van der Waals surface area contributed by atoms with Crippen molar-refractivity contribution in [3.8, 4) is 5.75 Å². The van der Waals surface area contributed by atoms with Gasteiger partial charge in [0.1, 0.15) is 5.75 Å². The molecule has 0 aliphatic carbocycles. The highest BCUT2D eigenvalue weighted by Crippen LogP contribution is 2.44. The molecule has 4 aromatic carbocycles. The van der Waals surface area contributed by atoms with Gasteiger partial charge in [0.15, 0.2) is 0 Å². The van der Waals surface area contributed by atoms with E-state index < -0.39 is 68.4 Å². The Morgan fingerprint density at radius 3 is 1.15 bits per heavy atom. The predicted octanol–water partition coefficient (Wildman–Crippen LogP) is 1.72. The Balaban J connectivity index is 1.98. The van der Waals surface area contributed by atoms with Crippen LogP contribution >= 0.6 is 0 Å². The molecule has 4 rings (SSSR count). The molecule has 0 saturated carbocycles. The van der Waals surface area contributed by atoms with Crippen molar-refractivity contribution in [1.82, 2.24) is 14.2 Å². The number of hydrogen-bond donors (Lipinski definition) is 7. The maximum atomic E-state index is 13.6. The highest BCUT2D eigenvalue weighted by Gasteiger charge is 2.29. The minimum absolute atomic E-state index is 0.00312. The van der Waals surface area contributed by atoms with Crippen molar-refractivity contribution in [2.24, 2.45) is 0 Å². The second-order valence-electron chi connectivity index (χ2n) is 10.5. The minimum atomic E-state index is -4.53. The van der Waals surface area contributed by atoms with E-state index in [0.29, 0.717) is 0 Å². The van der Waals surface area contributed by atoms with Crippen molar-refractivity contribution >= 4 is 80.3 Å². The van der Waals surface area contributed by atoms with Gasteiger partial charge < -0.3 is 20.4 Å². The van der Waals surface area contributed by atoms with Gasteiger partial charge in [-0.3, -0.25) is 14.4 Å². The van der Waals surface area contributed by atoms with Crippen LogP contribution in [-0.2, 0) is 44.5 Å². The summed E-state index contributed by atoms with van der Waals surface area (Å²) in [6.45, 7) is -0.852. The second kappa shape index (κ2) is 13.9. The Kier molecular flexibility index (Phi) is 10.6. The van der Waals surface area contributed by atoms with Crippen LogP contribution in [0, 0.1) is 0 Å². The van der Waals surface area contributed by atoms with Gasteiger partial charge in [-0.25, -0.2) is 39.4 Å². The lowest BCUT2D eigenvalue weighted by Gasteiger charge is -2.20. The maximum Gasteiger partial charge on any atom is 0.303 e. The van der Waals surface area contributed by atoms with Crippen LogP contribution in [0.25, 0.3) is 32.3 Å². The quantitative estimate of drug-likeness (QED) is 0.0572. The number of carboxylic acid groups (broad SMARTS) is 3. The first-order valence-electron chi connectivity index (χ1n) is 14.1. The van der Waals surface area contributed by atoms with Crippen LogP contribution in [0.3, 0.4) is 0 Å². The number of sulfonamides is 3. The Labute approximate surface area is 268 Å². The maximum absolute atomic E-state index is 13.6. The Hall–Kier alpha value is -4.14. The summed E-state index contributed by atoms with van der Waals surface area (Å²) in [5.41, 5.74) is 0. The molecule has 0 heterocycles. The van der Waals surface area contributed by atoms with E-state index in [1.165, 1.54) is 24.3 Å². The van der Waals surface area contributed by atoms with E-state index in [1.54, 1.807) is 0 Å². The molecular weight excluding hydrogens is 683 g/mol. The van der Waals surface area contributed by atoms with Crippen molar-refractivity contribution in [2.75, 3.05) is 19.6 Å². The van der Waals surface area contributed by atoms with Gasteiger partial charge in [-0.1, -0.05) is 18.2 Å². The van der Waals surface area contributed by atoms with Gasteiger partial charge in [0.05, 0.1) is 14.7 Å². The van der Waals surface area contributed by atoms with Crippen LogP contribution in [0.4, 0.5) is 0 Å². The van der Waals surface area contributed by atoms with Crippen molar-refractivity contribution in [3.63, 3.8) is 0 Å². The number of nitrogens with one attached hydrogen (secondary N) is 3. The lowest BCUT2D eigenvalue weighted by Crippen LogP contribution is -2.28. The number of aromatic hydroxyl groups is 1. The molecule has 16 nitrogen and oxygen atoms in total. The highest BCUT2D eigenvalue weighted by atomic mass is 32.2. The number of rotatable bonds is 18. The normalized spacial score (nSPS) is 12.7. The summed E-state index contributed by atoms with van der Waals surface area (Å²) in [7, 11) is -13.4. The molecule has 254 valence electrons. The Morgan fingerprint density at radius 1 is 0.511 bits per heavy atom. The molecule has 0 spiro atoms. The first-order chi connectivity index (χ1) is 22.0. The van der Waals surface area contributed by atoms with Crippen LogP contribution in [0.1, 0.15) is 38.5 Å². The molecular formula is C28H31N3O13S3. The molecule has 0 unspecified atom stereocenters. The molecule has 0 fully saturated rings. The molecule has 0 saturated heterocycles. The molecule has 47 heavy (non-hydrogen) atoms. The lowest BCUT2D eigenvalue weighted by molar-refractivity contribution is -0.138. The number of hydrogen-bond acceptors (Lipinski definition) is 10. The number of benzene rings is 4. The third-order valence-electron chi connectivity index (χ3n) is 7.21. The summed E-state index contributed by atoms with van der Waals surface area (Å²) in [6.07, 6.45) is -1.19. The van der Waals surface area contributed by atoms with Gasteiger partial charge >= 0.3 is 17.9 Å². The Morgan fingerprint density at radius 2 is 0.809 bits per heavy atom. The smallest absolute Gasteiger partial charge is 0.303 e. The lowest BCUT2D eigenvalue weighted by atomic mass is 9.94. The standard InChI is InChI=1S/C28H31N3O13S3/c32-20-14-21(45(39,40)29-11-1-4-24(33)34)17-9-10-19-23(47(43,44)31-13-3-6-26(37)38)15-22(18-8-7-16(20)27(17)28(18)19)46(41,42)30-12-2-5-25(35)36/h7-10,14-15,29-32H,1-6,11-13H2,(H,33,34)(H,35,36)(H,37,38). The summed E-state index contributed by atoms with van der Waals surface area (Å²) in [5, 5.41) is 37.7. The van der Waals surface area contributed by atoms with E-state index in [1.807, 2.05) is 0 Å². The molecule has 4 aromatic rings. The molecule has 0 aromatic heterocycles. The zero-order valence-corrected chi connectivity index (χ0v) is 27.0. The molecule has 0 amide bonds. The van der Waals surface area contributed by atoms with Crippen LogP contribution in [0.5, 0.6) is 5.75 Å². The fraction of sp³-hybridized carbons (Fsp3) is 0.321. The summed E-state index contributed by atoms with van der Waals surface area (Å²) < 4.78 is 87.9. The summed E-state index contributed by atoms with van der Waals surface area (Å²) >= 11 is 0. The van der Waals surface area contributed by atoms with E-state index in [2.05, 4.69) is 14.2 Å². The van der Waals surface area contributed by atoms with Crippen LogP contribution in [0.2, 0.25) is 0 Å². The summed E-state index contributed by atoms with van der Waals surface area (Å²) in [6, 6.07) is 7.14. The Bertz CT molecular complexity index is 2130. The molecule has 0 aliphatic heterocycles. The molecule has 0 bridgehead atoms. The van der Waals surface area contributed by atoms with Crippen LogP contribution in [0.15, 0.2) is 51.1 Å². The molecule has 7 N–H and O–H groups in total. The summed E-state index contributed by atoms with van der Waals surface area (Å²) in [4.78, 5) is 31.2. The zero-order chi connectivity index (χ0) is 34.7. The van der Waals surface area contributed by atoms with E-state index in [4.69, 9.17) is 15.3 Å². The molecule has 0 aliphatic rings. The average Bonchev–Trinajstić information content (AvgIpc) is 2.98. The van der Waals surface area contributed by atoms with E-state index in [-0.39, 0.29) is 90.5 Å². The third kappa shape index (κ3) is 7.88. The van der Waals surface area contributed by atoms with Gasteiger partial charge in [0.25, 0.3) is 0 Å². The fourth-order valence-electron chi connectivity index (χ4n) is 5.12. The average molecular weight is 714 g/mol. The molecule has 19 heteroatoms. The van der Waals surface area contributed by atoms with Gasteiger partial charge in [0, 0.05) is 77.3 Å². The van der Waals surface area contributed by atoms with Crippen molar-refractivity contribution < 1.29 is 60.1 Å². The highest BCUT2D eigenvalue weighted by molar-refractivity contribution is 7.90. The largest absolute Gasteiger partial charge is 0.507 e. The first-order valence-corrected chi connectivity index (χ1v) is 18.5.